The van der Waals surface area contributed by atoms with Gasteiger partial charge in [-0.2, -0.15) is 0 Å². The predicted molar refractivity (Wildman–Crippen MR) is 74.9 cm³/mol. The van der Waals surface area contributed by atoms with E-state index >= 15 is 0 Å². The molecule has 18 heavy (non-hydrogen) atoms. The van der Waals surface area contributed by atoms with Gasteiger partial charge in [0, 0.05) is 11.3 Å². The van der Waals surface area contributed by atoms with Crippen LogP contribution in [0.3, 0.4) is 0 Å². The smallest absolute Gasteiger partial charge is 0.255 e. The summed E-state index contributed by atoms with van der Waals surface area (Å²) < 4.78 is 0. The summed E-state index contributed by atoms with van der Waals surface area (Å²) in [6.45, 7) is 4.24. The standard InChI is InChI=1S/C16H17NO/c1-12(2)14-10-6-7-11-15(14)17-16(18)13-8-4-3-5-9-13/h3-12H,1-2H3,(H,17,18). The van der Waals surface area contributed by atoms with Crippen LogP contribution in [0.2, 0.25) is 0 Å². The van der Waals surface area contributed by atoms with Crippen LogP contribution in [0.25, 0.3) is 0 Å². The summed E-state index contributed by atoms with van der Waals surface area (Å²) in [5.41, 5.74) is 2.72. The zero-order valence-corrected chi connectivity index (χ0v) is 10.7. The van der Waals surface area contributed by atoms with Crippen LogP contribution < -0.4 is 5.32 Å². The molecule has 2 rings (SSSR count). The van der Waals surface area contributed by atoms with E-state index < -0.39 is 0 Å². The molecule has 2 nitrogen and oxygen atoms in total. The first-order valence-electron chi connectivity index (χ1n) is 6.14. The Hall–Kier alpha value is -2.09. The Labute approximate surface area is 108 Å². The van der Waals surface area contributed by atoms with Crippen molar-refractivity contribution >= 4 is 11.6 Å². The summed E-state index contributed by atoms with van der Waals surface area (Å²) in [6, 6.07) is 17.2. The van der Waals surface area contributed by atoms with E-state index in [4.69, 9.17) is 0 Å². The second kappa shape index (κ2) is 5.50. The van der Waals surface area contributed by atoms with E-state index in [0.29, 0.717) is 11.5 Å². The maximum absolute atomic E-state index is 12.1. The van der Waals surface area contributed by atoms with Crippen molar-refractivity contribution < 1.29 is 4.79 Å². The Kier molecular flexibility index (Phi) is 3.78. The highest BCUT2D eigenvalue weighted by molar-refractivity contribution is 6.04. The maximum Gasteiger partial charge on any atom is 0.255 e. The number of benzene rings is 2. The van der Waals surface area contributed by atoms with Crippen molar-refractivity contribution in [3.05, 3.63) is 65.7 Å². The van der Waals surface area contributed by atoms with E-state index in [1.54, 1.807) is 0 Å². The fourth-order valence-corrected chi connectivity index (χ4v) is 1.90. The molecule has 92 valence electrons. The Morgan fingerprint density at radius 2 is 1.56 bits per heavy atom. The van der Waals surface area contributed by atoms with Gasteiger partial charge < -0.3 is 5.32 Å². The first-order chi connectivity index (χ1) is 8.68. The molecule has 2 aromatic rings. The summed E-state index contributed by atoms with van der Waals surface area (Å²) in [5.74, 6) is 0.320. The van der Waals surface area contributed by atoms with E-state index in [2.05, 4.69) is 19.2 Å². The van der Waals surface area contributed by atoms with Gasteiger partial charge in [0.05, 0.1) is 0 Å². The monoisotopic (exact) mass is 239 g/mol. The summed E-state index contributed by atoms with van der Waals surface area (Å²) in [4.78, 5) is 12.1. The van der Waals surface area contributed by atoms with Gasteiger partial charge in [0.1, 0.15) is 0 Å². The van der Waals surface area contributed by atoms with Gasteiger partial charge in [-0.05, 0) is 29.7 Å². The number of rotatable bonds is 3. The van der Waals surface area contributed by atoms with Gasteiger partial charge in [-0.1, -0.05) is 50.2 Å². The number of para-hydroxylation sites is 1. The third kappa shape index (κ3) is 2.77. The van der Waals surface area contributed by atoms with Crippen LogP contribution in [0.4, 0.5) is 5.69 Å². The lowest BCUT2D eigenvalue weighted by Crippen LogP contribution is -2.13. The molecular weight excluding hydrogens is 222 g/mol. The van der Waals surface area contributed by atoms with Crippen LogP contribution in [-0.2, 0) is 0 Å². The highest BCUT2D eigenvalue weighted by Gasteiger charge is 2.10. The van der Waals surface area contributed by atoms with Crippen LogP contribution >= 0.6 is 0 Å². The molecule has 0 aliphatic carbocycles. The molecule has 0 spiro atoms. The number of hydrogen-bond acceptors (Lipinski definition) is 1. The molecule has 0 bridgehead atoms. The van der Waals surface area contributed by atoms with Crippen molar-refractivity contribution in [1.29, 1.82) is 0 Å². The molecule has 0 aliphatic heterocycles. The lowest BCUT2D eigenvalue weighted by Gasteiger charge is -2.13. The van der Waals surface area contributed by atoms with Gasteiger partial charge in [-0.15, -0.1) is 0 Å². The lowest BCUT2D eigenvalue weighted by atomic mass is 10.0. The minimum Gasteiger partial charge on any atom is -0.322 e. The molecule has 0 aliphatic rings. The molecule has 1 N–H and O–H groups in total. The van der Waals surface area contributed by atoms with E-state index in [0.717, 1.165) is 11.3 Å². The molecule has 0 saturated carbocycles. The number of amides is 1. The number of anilines is 1. The molecule has 0 saturated heterocycles. The van der Waals surface area contributed by atoms with Crippen LogP contribution in [0.15, 0.2) is 54.6 Å². The van der Waals surface area contributed by atoms with E-state index in [9.17, 15) is 4.79 Å². The zero-order valence-electron chi connectivity index (χ0n) is 10.7. The van der Waals surface area contributed by atoms with Crippen LogP contribution in [-0.4, -0.2) is 5.91 Å². The average molecular weight is 239 g/mol. The molecule has 1 amide bonds. The maximum atomic E-state index is 12.1. The van der Waals surface area contributed by atoms with Crippen LogP contribution in [0.5, 0.6) is 0 Å². The van der Waals surface area contributed by atoms with Gasteiger partial charge in [-0.3, -0.25) is 4.79 Å². The van der Waals surface area contributed by atoms with Crippen molar-refractivity contribution in [3.8, 4) is 0 Å². The SMILES string of the molecule is CC(C)c1ccccc1NC(=O)c1ccccc1. The average Bonchev–Trinajstić information content (AvgIpc) is 2.40. The number of carbonyl (C=O) groups is 1. The van der Waals surface area contributed by atoms with E-state index in [-0.39, 0.29) is 5.91 Å². The zero-order chi connectivity index (χ0) is 13.0. The molecule has 0 heterocycles. The molecular formula is C16H17NO. The minimum atomic E-state index is -0.0660. The number of carbonyl (C=O) groups excluding carboxylic acids is 1. The second-order valence-electron chi connectivity index (χ2n) is 4.56. The fraction of sp³-hybridized carbons (Fsp3) is 0.188. The Balaban J connectivity index is 2.22. The minimum absolute atomic E-state index is 0.0660. The molecule has 0 atom stereocenters. The van der Waals surface area contributed by atoms with E-state index in [1.807, 2.05) is 54.6 Å². The largest absolute Gasteiger partial charge is 0.322 e. The Morgan fingerprint density at radius 3 is 2.22 bits per heavy atom. The van der Waals surface area contributed by atoms with Crippen molar-refractivity contribution in [2.45, 2.75) is 19.8 Å². The number of hydrogen-bond donors (Lipinski definition) is 1. The van der Waals surface area contributed by atoms with Crippen molar-refractivity contribution in [2.24, 2.45) is 0 Å². The van der Waals surface area contributed by atoms with Gasteiger partial charge in [0.2, 0.25) is 0 Å². The molecule has 0 fully saturated rings. The third-order valence-corrected chi connectivity index (χ3v) is 2.87. The summed E-state index contributed by atoms with van der Waals surface area (Å²) >= 11 is 0. The molecule has 2 aromatic carbocycles. The van der Waals surface area contributed by atoms with Crippen molar-refractivity contribution in [2.75, 3.05) is 5.32 Å². The molecule has 0 radical (unpaired) electrons. The first kappa shape index (κ1) is 12.4. The normalized spacial score (nSPS) is 10.4. The Bertz CT molecular complexity index is 532. The molecule has 0 aromatic heterocycles. The Morgan fingerprint density at radius 1 is 0.944 bits per heavy atom. The highest BCUT2D eigenvalue weighted by atomic mass is 16.1. The summed E-state index contributed by atoms with van der Waals surface area (Å²) in [6.07, 6.45) is 0. The van der Waals surface area contributed by atoms with E-state index in [1.165, 1.54) is 0 Å². The summed E-state index contributed by atoms with van der Waals surface area (Å²) in [5, 5.41) is 2.97. The highest BCUT2D eigenvalue weighted by Crippen LogP contribution is 2.24. The summed E-state index contributed by atoms with van der Waals surface area (Å²) in [7, 11) is 0. The quantitative estimate of drug-likeness (QED) is 0.859. The van der Waals surface area contributed by atoms with Gasteiger partial charge in [0.25, 0.3) is 5.91 Å². The number of nitrogens with one attached hydrogen (secondary N) is 1. The predicted octanol–water partition coefficient (Wildman–Crippen LogP) is 4.06. The van der Waals surface area contributed by atoms with Gasteiger partial charge >= 0.3 is 0 Å². The lowest BCUT2D eigenvalue weighted by molar-refractivity contribution is 0.102. The van der Waals surface area contributed by atoms with Crippen LogP contribution in [0, 0.1) is 0 Å². The van der Waals surface area contributed by atoms with Crippen LogP contribution in [0.1, 0.15) is 35.7 Å². The third-order valence-electron chi connectivity index (χ3n) is 2.87. The van der Waals surface area contributed by atoms with Gasteiger partial charge in [-0.25, -0.2) is 0 Å². The topological polar surface area (TPSA) is 29.1 Å². The van der Waals surface area contributed by atoms with Crippen molar-refractivity contribution in [3.63, 3.8) is 0 Å². The first-order valence-corrected chi connectivity index (χ1v) is 6.14. The fourth-order valence-electron chi connectivity index (χ4n) is 1.90. The van der Waals surface area contributed by atoms with Gasteiger partial charge in [0.15, 0.2) is 0 Å². The molecule has 2 heteroatoms. The van der Waals surface area contributed by atoms with Crippen molar-refractivity contribution in [1.82, 2.24) is 0 Å². The molecule has 0 unspecified atom stereocenters. The second-order valence-corrected chi connectivity index (χ2v) is 4.56.